The molecule has 0 bridgehead atoms. The molecule has 1 atom stereocenters. The molecule has 1 N–H and O–H groups in total. The largest absolute Gasteiger partial charge is 0.342 e. The van der Waals surface area contributed by atoms with Gasteiger partial charge in [0.2, 0.25) is 0 Å². The van der Waals surface area contributed by atoms with E-state index in [0.29, 0.717) is 12.1 Å². The molecule has 31 heavy (non-hydrogen) atoms. The fourth-order valence-electron chi connectivity index (χ4n) is 3.73. The van der Waals surface area contributed by atoms with Crippen LogP contribution in [0, 0.1) is 0 Å². The molecule has 0 saturated heterocycles. The van der Waals surface area contributed by atoms with Gasteiger partial charge in [-0.1, -0.05) is 57.2 Å². The Morgan fingerprint density at radius 1 is 1.00 bits per heavy atom. The van der Waals surface area contributed by atoms with Gasteiger partial charge in [0, 0.05) is 24.5 Å². The maximum Gasteiger partial charge on any atom is 0.251 e. The van der Waals surface area contributed by atoms with Crippen LogP contribution in [0.1, 0.15) is 61.0 Å². The molecule has 0 aliphatic heterocycles. The zero-order valence-corrected chi connectivity index (χ0v) is 18.5. The lowest BCUT2D eigenvalue weighted by atomic mass is 9.87. The number of aromatic nitrogens is 3. The number of carbonyl (C=O) groups excluding carboxylic acids is 1. The maximum atomic E-state index is 12.7. The molecule has 0 radical (unpaired) electrons. The minimum absolute atomic E-state index is 0.122. The smallest absolute Gasteiger partial charge is 0.251 e. The van der Waals surface area contributed by atoms with Gasteiger partial charge in [-0.15, -0.1) is 0 Å². The van der Waals surface area contributed by atoms with E-state index >= 15 is 0 Å². The number of hydrogen-bond donors (Lipinski definition) is 1. The van der Waals surface area contributed by atoms with Crippen LogP contribution in [0.25, 0.3) is 11.0 Å². The van der Waals surface area contributed by atoms with Crippen LogP contribution in [-0.2, 0) is 12.0 Å². The van der Waals surface area contributed by atoms with Gasteiger partial charge in [0.05, 0.1) is 17.1 Å². The molecular formula is C26H28N4O. The van der Waals surface area contributed by atoms with E-state index in [9.17, 15) is 4.79 Å². The molecule has 158 valence electrons. The average molecular weight is 413 g/mol. The predicted octanol–water partition coefficient (Wildman–Crippen LogP) is 5.27. The normalized spacial score (nSPS) is 12.6. The van der Waals surface area contributed by atoms with E-state index in [4.69, 9.17) is 4.98 Å². The number of carbonyl (C=O) groups is 1. The SMILES string of the molecule is CC(NC(=O)c1ccncc1)c1nc2ccccc2n1Cc1ccc(C(C)(C)C)cc1. The quantitative estimate of drug-likeness (QED) is 0.486. The summed E-state index contributed by atoms with van der Waals surface area (Å²) in [6.45, 7) is 9.32. The first-order valence-electron chi connectivity index (χ1n) is 10.6. The van der Waals surface area contributed by atoms with Crippen LogP contribution in [-0.4, -0.2) is 20.4 Å². The van der Waals surface area contributed by atoms with Crippen molar-refractivity contribution in [2.75, 3.05) is 0 Å². The van der Waals surface area contributed by atoms with Gasteiger partial charge in [-0.2, -0.15) is 0 Å². The summed E-state index contributed by atoms with van der Waals surface area (Å²) in [4.78, 5) is 21.5. The highest BCUT2D eigenvalue weighted by molar-refractivity contribution is 5.94. The summed E-state index contributed by atoms with van der Waals surface area (Å²) in [7, 11) is 0. The Morgan fingerprint density at radius 2 is 1.68 bits per heavy atom. The lowest BCUT2D eigenvalue weighted by Crippen LogP contribution is -2.28. The number of rotatable bonds is 5. The standard InChI is InChI=1S/C26H28N4O/c1-18(28-25(31)20-13-15-27-16-14-20)24-29-22-7-5-6-8-23(22)30(24)17-19-9-11-21(12-10-19)26(2,3)4/h5-16,18H,17H2,1-4H3,(H,28,31). The lowest BCUT2D eigenvalue weighted by molar-refractivity contribution is 0.0937. The van der Waals surface area contributed by atoms with Gasteiger partial charge in [-0.25, -0.2) is 4.98 Å². The van der Waals surface area contributed by atoms with Crippen LogP contribution in [0.4, 0.5) is 0 Å². The summed E-state index contributed by atoms with van der Waals surface area (Å²) in [5.74, 6) is 0.701. The first-order valence-corrected chi connectivity index (χ1v) is 10.6. The van der Waals surface area contributed by atoms with E-state index in [-0.39, 0.29) is 17.4 Å². The first-order chi connectivity index (χ1) is 14.8. The van der Waals surface area contributed by atoms with Crippen LogP contribution in [0.3, 0.4) is 0 Å². The molecule has 0 aliphatic carbocycles. The minimum atomic E-state index is -0.248. The zero-order valence-electron chi connectivity index (χ0n) is 18.5. The maximum absolute atomic E-state index is 12.7. The van der Waals surface area contributed by atoms with E-state index in [1.165, 1.54) is 11.1 Å². The third kappa shape index (κ3) is 4.50. The van der Waals surface area contributed by atoms with Crippen molar-refractivity contribution in [1.82, 2.24) is 19.9 Å². The number of hydrogen-bond acceptors (Lipinski definition) is 3. The van der Waals surface area contributed by atoms with Gasteiger partial charge in [0.1, 0.15) is 5.82 Å². The number of para-hydroxylation sites is 2. The Hall–Kier alpha value is -3.47. The van der Waals surface area contributed by atoms with Crippen molar-refractivity contribution in [1.29, 1.82) is 0 Å². The monoisotopic (exact) mass is 412 g/mol. The van der Waals surface area contributed by atoms with Crippen LogP contribution in [0.15, 0.2) is 73.1 Å². The fourth-order valence-corrected chi connectivity index (χ4v) is 3.73. The van der Waals surface area contributed by atoms with Crippen molar-refractivity contribution >= 4 is 16.9 Å². The highest BCUT2D eigenvalue weighted by Gasteiger charge is 2.20. The van der Waals surface area contributed by atoms with Crippen LogP contribution in [0.2, 0.25) is 0 Å². The van der Waals surface area contributed by atoms with E-state index in [1.54, 1.807) is 24.5 Å². The molecule has 5 heteroatoms. The summed E-state index contributed by atoms with van der Waals surface area (Å²) >= 11 is 0. The highest BCUT2D eigenvalue weighted by Crippen LogP contribution is 2.25. The van der Waals surface area contributed by atoms with Crippen molar-refractivity contribution in [2.45, 2.75) is 45.7 Å². The zero-order chi connectivity index (χ0) is 22.0. The van der Waals surface area contributed by atoms with Gasteiger partial charge >= 0.3 is 0 Å². The van der Waals surface area contributed by atoms with E-state index in [2.05, 4.69) is 66.0 Å². The Labute approximate surface area is 183 Å². The number of fused-ring (bicyclic) bond motifs is 1. The third-order valence-electron chi connectivity index (χ3n) is 5.52. The second-order valence-electron chi connectivity index (χ2n) is 8.92. The van der Waals surface area contributed by atoms with E-state index in [1.807, 2.05) is 25.1 Å². The van der Waals surface area contributed by atoms with Gasteiger partial charge in [-0.3, -0.25) is 9.78 Å². The van der Waals surface area contributed by atoms with Crippen molar-refractivity contribution in [2.24, 2.45) is 0 Å². The third-order valence-corrected chi connectivity index (χ3v) is 5.52. The Balaban J connectivity index is 1.65. The van der Waals surface area contributed by atoms with Crippen LogP contribution < -0.4 is 5.32 Å². The number of nitrogens with one attached hydrogen (secondary N) is 1. The summed E-state index contributed by atoms with van der Waals surface area (Å²) in [6, 6.07) is 20.0. The molecule has 0 saturated carbocycles. The number of nitrogens with zero attached hydrogens (tertiary/aromatic N) is 3. The van der Waals surface area contributed by atoms with Gasteiger partial charge in [-0.05, 0) is 47.7 Å². The topological polar surface area (TPSA) is 59.8 Å². The van der Waals surface area contributed by atoms with Gasteiger partial charge < -0.3 is 9.88 Å². The molecular weight excluding hydrogens is 384 g/mol. The molecule has 0 aliphatic rings. The molecule has 2 aromatic heterocycles. The molecule has 0 fully saturated rings. The van der Waals surface area contributed by atoms with Crippen molar-refractivity contribution in [3.05, 3.63) is 95.6 Å². The molecule has 2 aromatic carbocycles. The van der Waals surface area contributed by atoms with Gasteiger partial charge in [0.25, 0.3) is 5.91 Å². The van der Waals surface area contributed by atoms with Crippen LogP contribution in [0.5, 0.6) is 0 Å². The molecule has 1 amide bonds. The number of imidazole rings is 1. The summed E-state index contributed by atoms with van der Waals surface area (Å²) in [5, 5.41) is 3.08. The lowest BCUT2D eigenvalue weighted by Gasteiger charge is -2.20. The van der Waals surface area contributed by atoms with Crippen molar-refractivity contribution in [3.8, 4) is 0 Å². The molecule has 0 spiro atoms. The number of benzene rings is 2. The first kappa shape index (κ1) is 20.8. The predicted molar refractivity (Wildman–Crippen MR) is 124 cm³/mol. The molecule has 4 aromatic rings. The molecule has 4 rings (SSSR count). The molecule has 5 nitrogen and oxygen atoms in total. The summed E-state index contributed by atoms with van der Waals surface area (Å²) in [6.07, 6.45) is 3.24. The summed E-state index contributed by atoms with van der Waals surface area (Å²) in [5.41, 5.74) is 5.20. The van der Waals surface area contributed by atoms with Crippen molar-refractivity contribution in [3.63, 3.8) is 0 Å². The number of amides is 1. The van der Waals surface area contributed by atoms with Crippen molar-refractivity contribution < 1.29 is 4.79 Å². The van der Waals surface area contributed by atoms with Gasteiger partial charge in [0.15, 0.2) is 0 Å². The molecule has 1 unspecified atom stereocenters. The van der Waals surface area contributed by atoms with Crippen LogP contribution >= 0.6 is 0 Å². The second kappa shape index (κ2) is 8.34. The Bertz CT molecular complexity index is 1190. The fraction of sp³-hybridized carbons (Fsp3) is 0.269. The summed E-state index contributed by atoms with van der Waals surface area (Å²) < 4.78 is 2.19. The second-order valence-corrected chi connectivity index (χ2v) is 8.92. The Morgan fingerprint density at radius 3 is 2.35 bits per heavy atom. The Kier molecular flexibility index (Phi) is 5.59. The van der Waals surface area contributed by atoms with E-state index < -0.39 is 0 Å². The molecule has 2 heterocycles. The van der Waals surface area contributed by atoms with E-state index in [0.717, 1.165) is 16.9 Å². The average Bonchev–Trinajstić information content (AvgIpc) is 3.13. The minimum Gasteiger partial charge on any atom is -0.342 e. The number of pyridine rings is 1. The highest BCUT2D eigenvalue weighted by atomic mass is 16.1.